The van der Waals surface area contributed by atoms with Gasteiger partial charge in [0.15, 0.2) is 16.3 Å². The quantitative estimate of drug-likeness (QED) is 0.383. The van der Waals surface area contributed by atoms with Gasteiger partial charge in [-0.25, -0.2) is 9.78 Å². The zero-order chi connectivity index (χ0) is 23.8. The van der Waals surface area contributed by atoms with Crippen LogP contribution in [0.3, 0.4) is 0 Å². The van der Waals surface area contributed by atoms with Gasteiger partial charge in [0.25, 0.3) is 5.56 Å². The molecule has 1 fully saturated rings. The first-order chi connectivity index (χ1) is 15.7. The van der Waals surface area contributed by atoms with Crippen LogP contribution < -0.4 is 17.0 Å². The highest BCUT2D eigenvalue weighted by atomic mass is 32.2. The molecule has 2 heterocycles. The predicted octanol–water partition coefficient (Wildman–Crippen LogP) is 3.73. The van der Waals surface area contributed by atoms with Gasteiger partial charge in [-0.2, -0.15) is 0 Å². The molecule has 3 aromatic rings. The molecule has 2 aromatic heterocycles. The topological polar surface area (TPSA) is 87.8 Å². The van der Waals surface area contributed by atoms with E-state index in [2.05, 4.69) is 19.9 Å². The summed E-state index contributed by atoms with van der Waals surface area (Å²) in [6, 6.07) is 10.1. The fraction of sp³-hybridized carbons (Fsp3) is 0.480. The van der Waals surface area contributed by atoms with Gasteiger partial charge >= 0.3 is 5.69 Å². The normalized spacial score (nSPS) is 14.1. The van der Waals surface area contributed by atoms with Crippen LogP contribution in [0.25, 0.3) is 11.2 Å². The minimum Gasteiger partial charge on any atom is -0.329 e. The van der Waals surface area contributed by atoms with Gasteiger partial charge in [0.05, 0.1) is 0 Å². The maximum absolute atomic E-state index is 13.7. The number of allylic oxidation sites excluding steroid dienone is 2. The molecule has 1 saturated carbocycles. The van der Waals surface area contributed by atoms with Crippen molar-refractivity contribution in [2.24, 2.45) is 5.73 Å². The number of aromatic nitrogens is 4. The highest BCUT2D eigenvalue weighted by molar-refractivity contribution is 8.00. The first kappa shape index (κ1) is 23.6. The molecule has 7 nitrogen and oxygen atoms in total. The van der Waals surface area contributed by atoms with Crippen LogP contribution in [0.2, 0.25) is 0 Å². The molecule has 4 rings (SSSR count). The van der Waals surface area contributed by atoms with Crippen LogP contribution in [0.1, 0.15) is 52.1 Å². The zero-order valence-corrected chi connectivity index (χ0v) is 20.7. The van der Waals surface area contributed by atoms with E-state index in [1.165, 1.54) is 4.57 Å². The van der Waals surface area contributed by atoms with Crippen molar-refractivity contribution in [3.05, 3.63) is 68.4 Å². The first-order valence-electron chi connectivity index (χ1n) is 11.5. The molecule has 0 unspecified atom stereocenters. The molecular weight excluding hydrogens is 434 g/mol. The van der Waals surface area contributed by atoms with Crippen molar-refractivity contribution >= 4 is 22.9 Å². The Kier molecular flexibility index (Phi) is 6.68. The second-order valence-electron chi connectivity index (χ2n) is 9.60. The number of aryl methyl sites for hydroxylation is 1. The van der Waals surface area contributed by atoms with E-state index < -0.39 is 0 Å². The van der Waals surface area contributed by atoms with Crippen molar-refractivity contribution in [3.63, 3.8) is 0 Å². The minimum atomic E-state index is -0.269. The number of rotatable bonds is 9. The minimum absolute atomic E-state index is 0.107. The van der Waals surface area contributed by atoms with Crippen molar-refractivity contribution in [1.29, 1.82) is 0 Å². The molecule has 1 aliphatic rings. The SMILES string of the molecule is CC(C)=CCn1c(SC(C)(C)CN)nc2c1c(=O)n(CCc1ccccc1)c(=O)n2C1CC1. The van der Waals surface area contributed by atoms with Crippen molar-refractivity contribution in [1.82, 2.24) is 18.7 Å². The average molecular weight is 468 g/mol. The molecule has 0 saturated heterocycles. The lowest BCUT2D eigenvalue weighted by molar-refractivity contribution is 0.572. The number of nitrogens with zero attached hydrogens (tertiary/aromatic N) is 4. The Morgan fingerprint density at radius 2 is 1.88 bits per heavy atom. The summed E-state index contributed by atoms with van der Waals surface area (Å²) >= 11 is 1.56. The monoisotopic (exact) mass is 467 g/mol. The highest BCUT2D eigenvalue weighted by Crippen LogP contribution is 2.37. The van der Waals surface area contributed by atoms with Crippen molar-refractivity contribution in [2.45, 2.75) is 76.0 Å². The largest absolute Gasteiger partial charge is 0.333 e. The Bertz CT molecular complexity index is 1290. The van der Waals surface area contributed by atoms with Gasteiger partial charge in [-0.3, -0.25) is 13.9 Å². The lowest BCUT2D eigenvalue weighted by atomic mass is 10.1. The maximum atomic E-state index is 13.7. The number of hydrogen-bond acceptors (Lipinski definition) is 5. The van der Waals surface area contributed by atoms with E-state index in [4.69, 9.17) is 10.7 Å². The fourth-order valence-electron chi connectivity index (χ4n) is 3.79. The summed E-state index contributed by atoms with van der Waals surface area (Å²) < 4.78 is 4.86. The Balaban J connectivity index is 1.91. The Labute approximate surface area is 198 Å². The van der Waals surface area contributed by atoms with Gasteiger partial charge in [0.2, 0.25) is 0 Å². The molecule has 0 radical (unpaired) electrons. The molecule has 8 heteroatoms. The molecular formula is C25H33N5O2S. The van der Waals surface area contributed by atoms with E-state index in [0.29, 0.717) is 37.2 Å². The fourth-order valence-corrected chi connectivity index (χ4v) is 4.77. The number of fused-ring (bicyclic) bond motifs is 1. The standard InChI is InChI=1S/C25H33N5O2S/c1-17(2)12-14-28-20-21(27-23(28)33-25(3,4)16-26)30(19-10-11-19)24(32)29(22(20)31)15-13-18-8-6-5-7-9-18/h5-9,12,19H,10-11,13-16,26H2,1-4H3. The summed E-state index contributed by atoms with van der Waals surface area (Å²) in [6.45, 7) is 9.54. The third kappa shape index (κ3) is 5.01. The molecule has 1 aromatic carbocycles. The predicted molar refractivity (Wildman–Crippen MR) is 135 cm³/mol. The molecule has 2 N–H and O–H groups in total. The van der Waals surface area contributed by atoms with Crippen LogP contribution in [-0.4, -0.2) is 30.0 Å². The van der Waals surface area contributed by atoms with Crippen LogP contribution in [-0.2, 0) is 19.5 Å². The zero-order valence-electron chi connectivity index (χ0n) is 19.9. The van der Waals surface area contributed by atoms with Gasteiger partial charge in [-0.1, -0.05) is 53.7 Å². The Hall–Kier alpha value is -2.58. The van der Waals surface area contributed by atoms with E-state index in [9.17, 15) is 9.59 Å². The number of thioether (sulfide) groups is 1. The number of benzene rings is 1. The third-order valence-electron chi connectivity index (χ3n) is 5.95. The molecule has 1 aliphatic carbocycles. The van der Waals surface area contributed by atoms with Gasteiger partial charge in [-0.05, 0) is 52.5 Å². The summed E-state index contributed by atoms with van der Waals surface area (Å²) in [6.07, 6.45) is 4.57. The van der Waals surface area contributed by atoms with E-state index in [-0.39, 0.29) is 22.0 Å². The summed E-state index contributed by atoms with van der Waals surface area (Å²) in [7, 11) is 0. The van der Waals surface area contributed by atoms with Crippen molar-refractivity contribution in [2.75, 3.05) is 6.54 Å². The van der Waals surface area contributed by atoms with Crippen LogP contribution in [0, 0.1) is 0 Å². The lowest BCUT2D eigenvalue weighted by Crippen LogP contribution is -2.41. The maximum Gasteiger partial charge on any atom is 0.333 e. The number of nitrogens with two attached hydrogens (primary N) is 1. The summed E-state index contributed by atoms with van der Waals surface area (Å²) in [4.78, 5) is 32.0. The first-order valence-corrected chi connectivity index (χ1v) is 12.4. The Morgan fingerprint density at radius 1 is 1.18 bits per heavy atom. The van der Waals surface area contributed by atoms with Crippen molar-refractivity contribution in [3.8, 4) is 0 Å². The second kappa shape index (κ2) is 9.35. The summed E-state index contributed by atoms with van der Waals surface area (Å²) in [5.74, 6) is 0. The Morgan fingerprint density at radius 3 is 2.48 bits per heavy atom. The van der Waals surface area contributed by atoms with E-state index in [1.807, 2.05) is 48.7 Å². The van der Waals surface area contributed by atoms with E-state index >= 15 is 0 Å². The lowest BCUT2D eigenvalue weighted by Gasteiger charge is -2.21. The third-order valence-corrected chi connectivity index (χ3v) is 7.16. The molecule has 0 atom stereocenters. The summed E-state index contributed by atoms with van der Waals surface area (Å²) in [5.41, 5.74) is 8.72. The molecule has 0 spiro atoms. The molecule has 176 valence electrons. The highest BCUT2D eigenvalue weighted by Gasteiger charge is 2.32. The van der Waals surface area contributed by atoms with Crippen molar-refractivity contribution < 1.29 is 0 Å². The van der Waals surface area contributed by atoms with Gasteiger partial charge in [0, 0.05) is 30.4 Å². The van der Waals surface area contributed by atoms with E-state index in [1.54, 1.807) is 16.3 Å². The number of imidazole rings is 1. The molecule has 0 amide bonds. The van der Waals surface area contributed by atoms with E-state index in [0.717, 1.165) is 29.1 Å². The molecule has 33 heavy (non-hydrogen) atoms. The van der Waals surface area contributed by atoms with Crippen LogP contribution in [0.5, 0.6) is 0 Å². The average Bonchev–Trinajstić information content (AvgIpc) is 3.54. The summed E-state index contributed by atoms with van der Waals surface area (Å²) in [5, 5.41) is 0.727. The van der Waals surface area contributed by atoms with Gasteiger partial charge in [0.1, 0.15) is 0 Å². The number of hydrogen-bond donors (Lipinski definition) is 1. The molecule has 0 aliphatic heterocycles. The van der Waals surface area contributed by atoms with Gasteiger partial charge < -0.3 is 10.3 Å². The van der Waals surface area contributed by atoms with Crippen LogP contribution >= 0.6 is 11.8 Å². The smallest absolute Gasteiger partial charge is 0.329 e. The second-order valence-corrected chi connectivity index (χ2v) is 11.3. The van der Waals surface area contributed by atoms with Crippen LogP contribution in [0.15, 0.2) is 56.7 Å². The van der Waals surface area contributed by atoms with Crippen LogP contribution in [0.4, 0.5) is 0 Å². The van der Waals surface area contributed by atoms with Gasteiger partial charge in [-0.15, -0.1) is 0 Å². The molecule has 0 bridgehead atoms.